The molecule has 0 aromatic heterocycles. The molecule has 2 rings (SSSR count). The van der Waals surface area contributed by atoms with Crippen LogP contribution in [0.15, 0.2) is 22.7 Å². The molecule has 1 heteroatoms. The molecule has 0 heterocycles. The highest BCUT2D eigenvalue weighted by atomic mass is 79.9. The van der Waals surface area contributed by atoms with Gasteiger partial charge in [-0.05, 0) is 42.0 Å². The van der Waals surface area contributed by atoms with Crippen molar-refractivity contribution in [3.05, 3.63) is 33.8 Å². The third-order valence-electron chi connectivity index (χ3n) is 3.17. The summed E-state index contributed by atoms with van der Waals surface area (Å²) in [6, 6.07) is 6.73. The predicted octanol–water partition coefficient (Wildman–Crippen LogP) is 4.67. The van der Waals surface area contributed by atoms with E-state index in [4.69, 9.17) is 0 Å². The molecule has 0 fully saturated rings. The van der Waals surface area contributed by atoms with E-state index in [2.05, 4.69) is 41.1 Å². The third-order valence-corrected chi connectivity index (χ3v) is 3.66. The lowest BCUT2D eigenvalue weighted by Gasteiger charge is -2.30. The first kappa shape index (κ1) is 10.2. The van der Waals surface area contributed by atoms with Gasteiger partial charge in [0.1, 0.15) is 0 Å². The first-order chi connectivity index (χ1) is 6.81. The van der Waals surface area contributed by atoms with Crippen molar-refractivity contribution in [3.63, 3.8) is 0 Å². The smallest absolute Gasteiger partial charge is 0.0178 e. The second-order valence-corrected chi connectivity index (χ2v) is 5.16. The molecule has 1 aliphatic carbocycles. The van der Waals surface area contributed by atoms with Gasteiger partial charge in [-0.15, -0.1) is 0 Å². The summed E-state index contributed by atoms with van der Waals surface area (Å²) in [5.74, 6) is 0.865. The van der Waals surface area contributed by atoms with E-state index in [0.29, 0.717) is 0 Å². The van der Waals surface area contributed by atoms with Crippen molar-refractivity contribution in [2.75, 3.05) is 0 Å². The van der Waals surface area contributed by atoms with Crippen LogP contribution in [0.4, 0.5) is 0 Å². The molecule has 0 N–H and O–H groups in total. The summed E-state index contributed by atoms with van der Waals surface area (Å²) < 4.78 is 1.23. The molecule has 1 unspecified atom stereocenters. The minimum absolute atomic E-state index is 0.865. The number of unbranched alkanes of at least 4 members (excludes halogenated alkanes) is 2. The lowest BCUT2D eigenvalue weighted by molar-refractivity contribution is 0.519. The van der Waals surface area contributed by atoms with Gasteiger partial charge in [0.2, 0.25) is 0 Å². The van der Waals surface area contributed by atoms with Gasteiger partial charge < -0.3 is 0 Å². The molecule has 0 bridgehead atoms. The van der Waals surface area contributed by atoms with Crippen LogP contribution in [-0.2, 0) is 6.42 Å². The summed E-state index contributed by atoms with van der Waals surface area (Å²) in [6.45, 7) is 2.27. The van der Waals surface area contributed by atoms with Crippen molar-refractivity contribution >= 4 is 15.9 Å². The maximum atomic E-state index is 3.51. The minimum Gasteiger partial charge on any atom is -0.0654 e. The van der Waals surface area contributed by atoms with Gasteiger partial charge in [-0.3, -0.25) is 0 Å². The third kappa shape index (κ3) is 2.03. The zero-order valence-corrected chi connectivity index (χ0v) is 10.3. The molecule has 1 aliphatic rings. The predicted molar refractivity (Wildman–Crippen MR) is 64.7 cm³/mol. The molecular formula is C13H17Br. The van der Waals surface area contributed by atoms with Crippen molar-refractivity contribution < 1.29 is 0 Å². The Kier molecular flexibility index (Phi) is 3.27. The van der Waals surface area contributed by atoms with Crippen molar-refractivity contribution in [2.45, 2.75) is 44.9 Å². The number of rotatable bonds is 4. The van der Waals surface area contributed by atoms with E-state index < -0.39 is 0 Å². The molecule has 0 amide bonds. The van der Waals surface area contributed by atoms with Crippen LogP contribution in [0.3, 0.4) is 0 Å². The van der Waals surface area contributed by atoms with Crippen LogP contribution in [0.25, 0.3) is 0 Å². The number of fused-ring (bicyclic) bond motifs is 1. The van der Waals surface area contributed by atoms with E-state index in [-0.39, 0.29) is 0 Å². The Balaban J connectivity index is 1.92. The largest absolute Gasteiger partial charge is 0.0654 e. The number of halogens is 1. The monoisotopic (exact) mass is 252 g/mol. The Labute approximate surface area is 94.8 Å². The van der Waals surface area contributed by atoms with Crippen LogP contribution in [-0.4, -0.2) is 0 Å². The Hall–Kier alpha value is -0.300. The van der Waals surface area contributed by atoms with Gasteiger partial charge in [0, 0.05) is 4.47 Å². The maximum absolute atomic E-state index is 3.51. The topological polar surface area (TPSA) is 0 Å². The lowest BCUT2D eigenvalue weighted by atomic mass is 9.75. The van der Waals surface area contributed by atoms with E-state index >= 15 is 0 Å². The van der Waals surface area contributed by atoms with E-state index in [9.17, 15) is 0 Å². The summed E-state index contributed by atoms with van der Waals surface area (Å²) in [7, 11) is 0. The zero-order valence-electron chi connectivity index (χ0n) is 8.72. The first-order valence-electron chi connectivity index (χ1n) is 5.59. The molecule has 0 saturated heterocycles. The van der Waals surface area contributed by atoms with Crippen LogP contribution in [0.1, 0.15) is 49.7 Å². The summed E-state index contributed by atoms with van der Waals surface area (Å²) >= 11 is 3.51. The molecule has 0 saturated carbocycles. The van der Waals surface area contributed by atoms with Gasteiger partial charge in [0.25, 0.3) is 0 Å². The normalized spacial score (nSPS) is 18.9. The summed E-state index contributed by atoms with van der Waals surface area (Å²) in [5.41, 5.74) is 3.16. The molecule has 0 nitrogen and oxygen atoms in total. The van der Waals surface area contributed by atoms with E-state index in [0.717, 1.165) is 5.92 Å². The molecular weight excluding hydrogens is 236 g/mol. The van der Waals surface area contributed by atoms with E-state index in [1.165, 1.54) is 36.6 Å². The van der Waals surface area contributed by atoms with Gasteiger partial charge in [-0.1, -0.05) is 48.2 Å². The van der Waals surface area contributed by atoms with Gasteiger partial charge in [-0.25, -0.2) is 0 Å². The van der Waals surface area contributed by atoms with E-state index in [1.807, 2.05) is 0 Å². The van der Waals surface area contributed by atoms with Crippen LogP contribution in [0, 0.1) is 0 Å². The molecule has 1 atom stereocenters. The van der Waals surface area contributed by atoms with Crippen LogP contribution < -0.4 is 0 Å². The van der Waals surface area contributed by atoms with Crippen molar-refractivity contribution in [2.24, 2.45) is 0 Å². The summed E-state index contributed by atoms with van der Waals surface area (Å²) in [6.07, 6.45) is 6.82. The molecule has 1 aromatic rings. The minimum atomic E-state index is 0.865. The standard InChI is InChI=1S/C13H17Br/c1-2-3-4-5-10-8-11-9-12(14)6-7-13(10)11/h6-7,9-10H,2-5,8H2,1H3. The molecule has 0 radical (unpaired) electrons. The van der Waals surface area contributed by atoms with Crippen molar-refractivity contribution in [1.82, 2.24) is 0 Å². The SMILES string of the molecule is CCCCCC1Cc2cc(Br)ccc21. The lowest BCUT2D eigenvalue weighted by Crippen LogP contribution is -2.16. The van der Waals surface area contributed by atoms with Crippen molar-refractivity contribution in [1.29, 1.82) is 0 Å². The highest BCUT2D eigenvalue weighted by Gasteiger charge is 2.24. The highest BCUT2D eigenvalue weighted by Crippen LogP contribution is 2.39. The highest BCUT2D eigenvalue weighted by molar-refractivity contribution is 9.10. The summed E-state index contributed by atoms with van der Waals surface area (Å²) in [5, 5.41) is 0. The van der Waals surface area contributed by atoms with E-state index in [1.54, 1.807) is 11.1 Å². The second kappa shape index (κ2) is 4.48. The van der Waals surface area contributed by atoms with Crippen LogP contribution in [0.2, 0.25) is 0 Å². The molecule has 1 aromatic carbocycles. The maximum Gasteiger partial charge on any atom is 0.0178 e. The number of hydrogen-bond donors (Lipinski definition) is 0. The van der Waals surface area contributed by atoms with Gasteiger partial charge in [-0.2, -0.15) is 0 Å². The van der Waals surface area contributed by atoms with Crippen molar-refractivity contribution in [3.8, 4) is 0 Å². The number of hydrogen-bond acceptors (Lipinski definition) is 0. The zero-order chi connectivity index (χ0) is 9.97. The fraction of sp³-hybridized carbons (Fsp3) is 0.538. The Morgan fingerprint density at radius 2 is 2.21 bits per heavy atom. The van der Waals surface area contributed by atoms with Gasteiger partial charge in [0.05, 0.1) is 0 Å². The van der Waals surface area contributed by atoms with Gasteiger partial charge >= 0.3 is 0 Å². The van der Waals surface area contributed by atoms with Crippen LogP contribution in [0.5, 0.6) is 0 Å². The fourth-order valence-electron chi connectivity index (χ4n) is 2.29. The first-order valence-corrected chi connectivity index (χ1v) is 6.39. The Morgan fingerprint density at radius 1 is 1.36 bits per heavy atom. The molecule has 14 heavy (non-hydrogen) atoms. The quantitative estimate of drug-likeness (QED) is 0.684. The molecule has 0 aliphatic heterocycles. The molecule has 0 spiro atoms. The Morgan fingerprint density at radius 3 is 2.93 bits per heavy atom. The van der Waals surface area contributed by atoms with Gasteiger partial charge in [0.15, 0.2) is 0 Å². The Bertz CT molecular complexity index is 317. The number of benzene rings is 1. The molecule has 76 valence electrons. The second-order valence-electron chi connectivity index (χ2n) is 4.24. The fourth-order valence-corrected chi connectivity index (χ4v) is 2.70. The summed E-state index contributed by atoms with van der Waals surface area (Å²) in [4.78, 5) is 0. The average Bonchev–Trinajstić information content (AvgIpc) is 2.14. The average molecular weight is 253 g/mol. The van der Waals surface area contributed by atoms with Crippen LogP contribution >= 0.6 is 15.9 Å².